The molecule has 1 rings (SSSR count). The van der Waals surface area contributed by atoms with Crippen LogP contribution in [0.4, 0.5) is 5.82 Å². The second-order valence-electron chi connectivity index (χ2n) is 2.85. The molecule has 0 bridgehead atoms. The Morgan fingerprint density at radius 2 is 2.25 bits per heavy atom. The van der Waals surface area contributed by atoms with E-state index < -0.39 is 0 Å². The molecule has 0 fully saturated rings. The molecular weight excluding hydrogens is 154 g/mol. The van der Waals surface area contributed by atoms with E-state index in [9.17, 15) is 4.79 Å². The number of hydrogen-bond acceptors (Lipinski definition) is 2. The summed E-state index contributed by atoms with van der Waals surface area (Å²) in [6, 6.07) is 1.88. The maximum Gasteiger partial charge on any atom is 0.224 e. The number of aryl methyl sites for hydroxylation is 2. The number of anilines is 1. The molecule has 0 spiro atoms. The second kappa shape index (κ2) is 2.97. The number of carbonyl (C=O) groups is 1. The minimum atomic E-state index is 0.0120. The summed E-state index contributed by atoms with van der Waals surface area (Å²) in [5.41, 5.74) is 0.917. The van der Waals surface area contributed by atoms with Crippen LogP contribution in [0.25, 0.3) is 0 Å². The van der Waals surface area contributed by atoms with Crippen molar-refractivity contribution < 1.29 is 4.79 Å². The van der Waals surface area contributed by atoms with Gasteiger partial charge in [0.15, 0.2) is 0 Å². The van der Waals surface area contributed by atoms with Crippen LogP contribution in [0.3, 0.4) is 0 Å². The van der Waals surface area contributed by atoms with Crippen LogP contribution in [0.2, 0.25) is 0 Å². The van der Waals surface area contributed by atoms with Crippen LogP contribution in [0.15, 0.2) is 6.07 Å². The van der Waals surface area contributed by atoms with E-state index in [0.717, 1.165) is 11.5 Å². The van der Waals surface area contributed by atoms with Gasteiger partial charge in [-0.05, 0) is 6.92 Å². The smallest absolute Gasteiger partial charge is 0.224 e. The Morgan fingerprint density at radius 3 is 2.58 bits per heavy atom. The van der Waals surface area contributed by atoms with Gasteiger partial charge in [-0.15, -0.1) is 0 Å². The molecule has 0 unspecified atom stereocenters. The summed E-state index contributed by atoms with van der Waals surface area (Å²) in [4.78, 5) is 12.6. The molecule has 66 valence electrons. The zero-order valence-electron chi connectivity index (χ0n) is 7.83. The van der Waals surface area contributed by atoms with Crippen molar-refractivity contribution in [3.05, 3.63) is 11.8 Å². The van der Waals surface area contributed by atoms with Gasteiger partial charge in [-0.1, -0.05) is 0 Å². The zero-order chi connectivity index (χ0) is 9.30. The van der Waals surface area contributed by atoms with Gasteiger partial charge in [-0.2, -0.15) is 5.10 Å². The molecule has 0 aliphatic heterocycles. The zero-order valence-corrected chi connectivity index (χ0v) is 7.83. The lowest BCUT2D eigenvalue weighted by Gasteiger charge is -2.13. The molecule has 0 atom stereocenters. The summed E-state index contributed by atoms with van der Waals surface area (Å²) in [7, 11) is 3.56. The number of rotatable bonds is 1. The molecule has 0 aliphatic rings. The Balaban J connectivity index is 3.02. The van der Waals surface area contributed by atoms with Gasteiger partial charge in [-0.3, -0.25) is 9.48 Å². The first kappa shape index (κ1) is 8.77. The number of nitrogens with zero attached hydrogens (tertiary/aromatic N) is 3. The van der Waals surface area contributed by atoms with E-state index in [0.29, 0.717) is 0 Å². The molecule has 1 aromatic rings. The van der Waals surface area contributed by atoms with E-state index in [-0.39, 0.29) is 5.91 Å². The fourth-order valence-corrected chi connectivity index (χ4v) is 1.07. The normalized spacial score (nSPS) is 10.0. The quantitative estimate of drug-likeness (QED) is 0.618. The van der Waals surface area contributed by atoms with E-state index in [2.05, 4.69) is 5.10 Å². The largest absolute Gasteiger partial charge is 0.300 e. The van der Waals surface area contributed by atoms with Gasteiger partial charge in [-0.25, -0.2) is 0 Å². The summed E-state index contributed by atoms with van der Waals surface area (Å²) < 4.78 is 1.69. The predicted octanol–water partition coefficient (Wildman–Crippen LogP) is 0.711. The van der Waals surface area contributed by atoms with E-state index in [1.54, 1.807) is 16.6 Å². The highest BCUT2D eigenvalue weighted by Crippen LogP contribution is 2.12. The van der Waals surface area contributed by atoms with Crippen molar-refractivity contribution in [2.45, 2.75) is 13.8 Å². The fourth-order valence-electron chi connectivity index (χ4n) is 1.07. The topological polar surface area (TPSA) is 38.1 Å². The summed E-state index contributed by atoms with van der Waals surface area (Å²) in [6.07, 6.45) is 0. The van der Waals surface area contributed by atoms with Crippen LogP contribution in [0.1, 0.15) is 12.6 Å². The van der Waals surface area contributed by atoms with Crippen molar-refractivity contribution in [2.24, 2.45) is 7.05 Å². The third-order valence-corrected chi connectivity index (χ3v) is 1.79. The Bertz CT molecular complexity index is 303. The van der Waals surface area contributed by atoms with Gasteiger partial charge in [0.25, 0.3) is 0 Å². The summed E-state index contributed by atoms with van der Waals surface area (Å²) >= 11 is 0. The number of amides is 1. The van der Waals surface area contributed by atoms with Gasteiger partial charge in [0.05, 0.1) is 5.69 Å². The summed E-state index contributed by atoms with van der Waals surface area (Å²) in [5, 5.41) is 4.14. The van der Waals surface area contributed by atoms with E-state index in [4.69, 9.17) is 0 Å². The minimum absolute atomic E-state index is 0.0120. The molecule has 0 aromatic carbocycles. The monoisotopic (exact) mass is 167 g/mol. The van der Waals surface area contributed by atoms with Crippen LogP contribution in [-0.4, -0.2) is 22.7 Å². The number of aromatic nitrogens is 2. The molecule has 4 nitrogen and oxygen atoms in total. The molecule has 0 saturated carbocycles. The first-order chi connectivity index (χ1) is 5.52. The van der Waals surface area contributed by atoms with Gasteiger partial charge in [0.2, 0.25) is 5.91 Å². The maximum atomic E-state index is 11.0. The highest BCUT2D eigenvalue weighted by atomic mass is 16.2. The highest BCUT2D eigenvalue weighted by molar-refractivity contribution is 5.89. The second-order valence-corrected chi connectivity index (χ2v) is 2.85. The van der Waals surface area contributed by atoms with Gasteiger partial charge < -0.3 is 4.90 Å². The average molecular weight is 167 g/mol. The fraction of sp³-hybridized carbons (Fsp3) is 0.500. The molecule has 0 saturated heterocycles. The van der Waals surface area contributed by atoms with Crippen molar-refractivity contribution in [1.82, 2.24) is 9.78 Å². The Hall–Kier alpha value is -1.32. The first-order valence-electron chi connectivity index (χ1n) is 3.77. The number of carbonyl (C=O) groups excluding carboxylic acids is 1. The van der Waals surface area contributed by atoms with Crippen molar-refractivity contribution in [1.29, 1.82) is 0 Å². The molecule has 12 heavy (non-hydrogen) atoms. The van der Waals surface area contributed by atoms with Crippen molar-refractivity contribution in [3.63, 3.8) is 0 Å². The Kier molecular flexibility index (Phi) is 2.17. The van der Waals surface area contributed by atoms with E-state index >= 15 is 0 Å². The third kappa shape index (κ3) is 1.47. The van der Waals surface area contributed by atoms with Crippen LogP contribution >= 0.6 is 0 Å². The van der Waals surface area contributed by atoms with Crippen LogP contribution in [0, 0.1) is 6.92 Å². The molecular formula is C8H13N3O. The SMILES string of the molecule is CC(=O)N(C)c1cc(C)nn1C. The summed E-state index contributed by atoms with van der Waals surface area (Å²) in [6.45, 7) is 3.43. The summed E-state index contributed by atoms with van der Waals surface area (Å²) in [5.74, 6) is 0.831. The standard InChI is InChI=1S/C8H13N3O/c1-6-5-8(11(4)9-6)10(3)7(2)12/h5H,1-4H3. The van der Waals surface area contributed by atoms with Crippen molar-refractivity contribution in [3.8, 4) is 0 Å². The predicted molar refractivity (Wildman–Crippen MR) is 47.0 cm³/mol. The molecule has 1 heterocycles. The Morgan fingerprint density at radius 1 is 1.67 bits per heavy atom. The minimum Gasteiger partial charge on any atom is -0.300 e. The van der Waals surface area contributed by atoms with Crippen molar-refractivity contribution in [2.75, 3.05) is 11.9 Å². The lowest BCUT2D eigenvalue weighted by atomic mass is 10.4. The Labute approximate surface area is 71.8 Å². The molecule has 1 aromatic heterocycles. The molecule has 1 amide bonds. The maximum absolute atomic E-state index is 11.0. The lowest BCUT2D eigenvalue weighted by molar-refractivity contribution is -0.116. The lowest BCUT2D eigenvalue weighted by Crippen LogP contribution is -2.25. The van der Waals surface area contributed by atoms with Gasteiger partial charge in [0.1, 0.15) is 5.82 Å². The van der Waals surface area contributed by atoms with Crippen molar-refractivity contribution >= 4 is 11.7 Å². The van der Waals surface area contributed by atoms with Crippen LogP contribution in [-0.2, 0) is 11.8 Å². The van der Waals surface area contributed by atoms with E-state index in [1.165, 1.54) is 6.92 Å². The molecule has 4 heteroatoms. The molecule has 0 N–H and O–H groups in total. The average Bonchev–Trinajstić information content (AvgIpc) is 2.28. The van der Waals surface area contributed by atoms with Gasteiger partial charge in [0, 0.05) is 27.1 Å². The molecule has 0 radical (unpaired) electrons. The van der Waals surface area contributed by atoms with Gasteiger partial charge >= 0.3 is 0 Å². The van der Waals surface area contributed by atoms with E-state index in [1.807, 2.05) is 20.0 Å². The molecule has 0 aliphatic carbocycles. The third-order valence-electron chi connectivity index (χ3n) is 1.79. The van der Waals surface area contributed by atoms with Crippen LogP contribution < -0.4 is 4.90 Å². The highest BCUT2D eigenvalue weighted by Gasteiger charge is 2.09. The number of hydrogen-bond donors (Lipinski definition) is 0. The first-order valence-corrected chi connectivity index (χ1v) is 3.77. The van der Waals surface area contributed by atoms with Crippen LogP contribution in [0.5, 0.6) is 0 Å².